The van der Waals surface area contributed by atoms with Gasteiger partial charge in [-0.2, -0.15) is 0 Å². The number of nitro benzene ring substituents is 2. The number of aliphatic imine (C=N–C) groups is 1. The number of hydrogen-bond acceptors (Lipinski definition) is 12. The summed E-state index contributed by atoms with van der Waals surface area (Å²) in [7, 11) is 0. The van der Waals surface area contributed by atoms with Crippen molar-refractivity contribution in [1.29, 1.82) is 0 Å². The van der Waals surface area contributed by atoms with Crippen LogP contribution in [0.1, 0.15) is 141 Å². The molecule has 0 heterocycles. The second-order valence-electron chi connectivity index (χ2n) is 22.0. The van der Waals surface area contributed by atoms with Gasteiger partial charge in [-0.25, -0.2) is 4.99 Å². The van der Waals surface area contributed by atoms with Crippen LogP contribution in [0.3, 0.4) is 0 Å². The fraction of sp³-hybridized carbons (Fsp3) is 0.314. The third kappa shape index (κ3) is 41.7. The Morgan fingerprint density at radius 3 is 1.04 bits per heavy atom. The average molecular weight is 1370 g/mol. The number of nitro groups is 2. The molecule has 0 saturated carbocycles. The van der Waals surface area contributed by atoms with Gasteiger partial charge in [-0.15, -0.1) is 0 Å². The first-order valence-electron chi connectivity index (χ1n) is 28.9. The van der Waals surface area contributed by atoms with Gasteiger partial charge in [-0.05, 0) is 153 Å². The highest BCUT2D eigenvalue weighted by Gasteiger charge is 2.14. The second-order valence-corrected chi connectivity index (χ2v) is 23.1. The summed E-state index contributed by atoms with van der Waals surface area (Å²) in [6, 6.07) is 53.1. The molecule has 7 aromatic carbocycles. The highest BCUT2D eigenvalue weighted by molar-refractivity contribution is 7.80. The van der Waals surface area contributed by atoms with Gasteiger partial charge in [-0.3, -0.25) is 39.4 Å². The van der Waals surface area contributed by atoms with Crippen LogP contribution in [0.2, 0.25) is 0 Å². The number of nitrogens with one attached hydrogen (secondary N) is 5. The Labute approximate surface area is 578 Å². The van der Waals surface area contributed by atoms with Gasteiger partial charge in [0.05, 0.1) is 28.1 Å². The summed E-state index contributed by atoms with van der Waals surface area (Å²) in [5, 5.41) is 37.6. The van der Waals surface area contributed by atoms with Gasteiger partial charge in [0.15, 0.2) is 5.11 Å². The lowest BCUT2D eigenvalue weighted by molar-refractivity contribution is -0.387. The lowest BCUT2D eigenvalue weighted by Crippen LogP contribution is -3.00. The van der Waals surface area contributed by atoms with E-state index in [2.05, 4.69) is 163 Å². The highest BCUT2D eigenvalue weighted by atomic mass is 35.5. The number of carbonyl (C=O) groups excluding carboxylic acids is 4. The van der Waals surface area contributed by atoms with E-state index in [0.29, 0.717) is 37.8 Å². The zero-order valence-electron chi connectivity index (χ0n) is 54.5. The highest BCUT2D eigenvalue weighted by Crippen LogP contribution is 2.24. The minimum atomic E-state index is -0.410. The van der Waals surface area contributed by atoms with E-state index in [9.17, 15) is 39.4 Å². The number of rotatable bonds is 15. The molecule has 0 unspecified atom stereocenters. The Kier molecular flexibility index (Phi) is 46.3. The molecule has 0 aliphatic rings. The van der Waals surface area contributed by atoms with Crippen LogP contribution in [0.4, 0.5) is 28.4 Å². The number of nitrogens with zero attached hydrogens (tertiary/aromatic N) is 3. The van der Waals surface area contributed by atoms with Gasteiger partial charge < -0.3 is 62.9 Å². The number of nitrogens with two attached hydrogens (primary N) is 1. The molecule has 0 atom stereocenters. The van der Waals surface area contributed by atoms with Gasteiger partial charge in [0.1, 0.15) is 0 Å². The van der Waals surface area contributed by atoms with Crippen molar-refractivity contribution in [3.63, 3.8) is 0 Å². The molecule has 7 aromatic rings. The van der Waals surface area contributed by atoms with E-state index in [1.807, 2.05) is 79.7 Å². The summed E-state index contributed by atoms with van der Waals surface area (Å²) in [5.74, 6) is -0.161. The number of aryl methyl sites for hydroxylation is 2. The molecule has 0 aromatic heterocycles. The van der Waals surface area contributed by atoms with Crippen LogP contribution < -0.4 is 62.9 Å². The molecule has 0 radical (unpaired) electrons. The van der Waals surface area contributed by atoms with Gasteiger partial charge in [0.2, 0.25) is 23.0 Å². The number of quaternary nitrogens is 1. The van der Waals surface area contributed by atoms with Crippen LogP contribution in [-0.4, -0.2) is 43.1 Å². The lowest BCUT2D eigenvalue weighted by Gasteiger charge is -2.19. The van der Waals surface area contributed by atoms with Crippen LogP contribution >= 0.6 is 36.0 Å². The van der Waals surface area contributed by atoms with Crippen molar-refractivity contribution in [2.45, 2.75) is 147 Å². The SMILES string of the molecule is C.CC(=O)Cl.CC(=O)Nc1ccc(CN)cc1.CC(=O)Nc1ccc(CNC(=S)NCc2ccc(C(C)(C)C)cc2)cc1.CC(C)(C)c1ccc(CN=C=S)cc1.CCc1ccc(NC(C)=O)cc1.CCc1ccc([N+](=O)[O-])cc1.[Cl-].[Cl-].[NH3+]Cc1ccc([N+](=O)[O-])cc1. The number of hydrogen-bond donors (Lipinski definition) is 7. The molecular formula is C70H92Cl3N10O8S2-. The third-order valence-electron chi connectivity index (χ3n) is 12.3. The molecule has 0 saturated heterocycles. The smallest absolute Gasteiger partial charge is 0.269 e. The Morgan fingerprint density at radius 1 is 0.516 bits per heavy atom. The second kappa shape index (κ2) is 48.4. The standard InChI is InChI=1S/C21H27N3OS.C12H15NS.C10H13NO.C9H12N2O.C8H9NO2.C7H8N2O2.C2H3ClO.CH4.2ClH/c1-15(25)24-19-11-7-17(8-12-19)14-23-20(26)22-13-16-5-9-18(10-6-16)21(2,3)4;1-12(2,3)11-6-4-10(5-7-11)8-13-9-14;1-3-9-4-6-10(7-5-9)11-8(2)12;1-7(12)11-9-4-2-8(6-10)3-5-9;1-2-7-3-5-8(6-4-7)9(10)11;8-5-6-1-3-7(4-2-6)9(10)11;1-2(3)4;;;/h5-12H,13-14H2,1-4H3,(H,24,25)(H2,22,23,26);4-7H,8H2,1-3H3;4-7H,3H2,1-2H3,(H,11,12);2-5H,6,10H2,1H3,(H,11,12);3-6H,2H2,1H3;1-4H,5,8H2;1H3;1H4;2*1H/p-1. The van der Waals surface area contributed by atoms with E-state index in [0.717, 1.165) is 52.2 Å². The molecule has 3 amide bonds. The molecule has 10 N–H and O–H groups in total. The maximum Gasteiger partial charge on any atom is 0.269 e. The van der Waals surface area contributed by atoms with Crippen molar-refractivity contribution in [3.8, 4) is 0 Å². The summed E-state index contributed by atoms with van der Waals surface area (Å²) in [6.45, 7) is 26.3. The maximum absolute atomic E-state index is 11.0. The van der Waals surface area contributed by atoms with Crippen molar-refractivity contribution in [1.82, 2.24) is 10.6 Å². The van der Waals surface area contributed by atoms with Crippen molar-refractivity contribution < 1.29 is 59.6 Å². The molecule has 0 fully saturated rings. The number of halogens is 3. The largest absolute Gasteiger partial charge is 1.00 e. The Morgan fingerprint density at radius 2 is 0.785 bits per heavy atom. The topological polar surface area (TPSA) is 281 Å². The number of carbonyl (C=O) groups is 4. The molecule has 0 bridgehead atoms. The first-order valence-corrected chi connectivity index (χ1v) is 30.1. The summed E-state index contributed by atoms with van der Waals surface area (Å²) in [5.41, 5.74) is 22.8. The van der Waals surface area contributed by atoms with Crippen LogP contribution in [0.15, 0.2) is 175 Å². The number of amides is 3. The molecule has 18 nitrogen and oxygen atoms in total. The fourth-order valence-electron chi connectivity index (χ4n) is 7.28. The van der Waals surface area contributed by atoms with E-state index in [4.69, 9.17) is 18.0 Å². The Balaban J connectivity index is -0.00000106. The molecule has 504 valence electrons. The number of isothiocyanates is 1. The molecule has 7 rings (SSSR count). The normalized spacial score (nSPS) is 9.67. The lowest BCUT2D eigenvalue weighted by atomic mass is 9.87. The van der Waals surface area contributed by atoms with Crippen molar-refractivity contribution in [2.75, 3.05) is 16.0 Å². The van der Waals surface area contributed by atoms with Crippen molar-refractivity contribution in [2.24, 2.45) is 10.7 Å². The third-order valence-corrected chi connectivity index (χ3v) is 12.7. The van der Waals surface area contributed by atoms with Crippen LogP contribution in [0.25, 0.3) is 0 Å². The van der Waals surface area contributed by atoms with Gasteiger partial charge in [-0.1, -0.05) is 160 Å². The molecule has 0 spiro atoms. The number of non-ortho nitro benzene ring substituents is 2. The Hall–Kier alpha value is -8.30. The zero-order valence-corrected chi connectivity index (χ0v) is 58.4. The Bertz CT molecular complexity index is 3240. The fourth-order valence-corrected chi connectivity index (χ4v) is 7.49. The van der Waals surface area contributed by atoms with Crippen molar-refractivity contribution >= 4 is 97.7 Å². The summed E-state index contributed by atoms with van der Waals surface area (Å²) in [6.07, 6.45) is 1.94. The molecular weight excluding hydrogens is 1280 g/mol. The summed E-state index contributed by atoms with van der Waals surface area (Å²) >= 11 is 14.5. The van der Waals surface area contributed by atoms with E-state index < -0.39 is 4.92 Å². The predicted octanol–water partition coefficient (Wildman–Crippen LogP) is 8.91. The van der Waals surface area contributed by atoms with E-state index in [-0.39, 0.29) is 82.3 Å². The van der Waals surface area contributed by atoms with Gasteiger partial charge >= 0.3 is 0 Å². The predicted molar refractivity (Wildman–Crippen MR) is 380 cm³/mol. The zero-order chi connectivity index (χ0) is 67.8. The summed E-state index contributed by atoms with van der Waals surface area (Å²) < 4.78 is 0. The van der Waals surface area contributed by atoms with E-state index in [1.165, 1.54) is 79.8 Å². The molecule has 0 aliphatic carbocycles. The first kappa shape index (κ1) is 88.9. The number of benzene rings is 7. The van der Waals surface area contributed by atoms with Crippen LogP contribution in [0, 0.1) is 20.2 Å². The van der Waals surface area contributed by atoms with E-state index >= 15 is 0 Å². The van der Waals surface area contributed by atoms with E-state index in [1.54, 1.807) is 24.3 Å². The quantitative estimate of drug-likeness (QED) is 0.0166. The van der Waals surface area contributed by atoms with Crippen LogP contribution in [-0.2, 0) is 75.6 Å². The monoisotopic (exact) mass is 1370 g/mol. The van der Waals surface area contributed by atoms with Gasteiger partial charge in [0.25, 0.3) is 11.4 Å². The minimum Gasteiger partial charge on any atom is -1.00 e. The number of thiocarbonyl (C=S) groups is 2. The maximum atomic E-state index is 11.0. The summed E-state index contributed by atoms with van der Waals surface area (Å²) in [4.78, 5) is 65.0. The molecule has 23 heteroatoms. The van der Waals surface area contributed by atoms with Crippen molar-refractivity contribution in [3.05, 3.63) is 240 Å². The minimum absolute atomic E-state index is 0. The molecule has 93 heavy (non-hydrogen) atoms. The van der Waals surface area contributed by atoms with Gasteiger partial charge in [0, 0.05) is 94.2 Å². The molecule has 0 aliphatic heterocycles. The van der Waals surface area contributed by atoms with Crippen LogP contribution in [0.5, 0.6) is 0 Å². The number of anilines is 3. The first-order chi connectivity index (χ1) is 42.4. The average Bonchev–Trinajstić information content (AvgIpc) is 1.47.